The van der Waals surface area contributed by atoms with Crippen molar-refractivity contribution in [1.29, 1.82) is 0 Å². The van der Waals surface area contributed by atoms with Gasteiger partial charge in [0.05, 0.1) is 0 Å². The van der Waals surface area contributed by atoms with Gasteiger partial charge in [0, 0.05) is 55.9 Å². The minimum Gasteiger partial charge on any atom is -0.353 e. The Bertz CT molecular complexity index is 1130. The summed E-state index contributed by atoms with van der Waals surface area (Å²) < 4.78 is 1.83. The van der Waals surface area contributed by atoms with Crippen molar-refractivity contribution in [3.63, 3.8) is 0 Å². The van der Waals surface area contributed by atoms with Gasteiger partial charge in [0.2, 0.25) is 0 Å². The number of anilines is 1. The van der Waals surface area contributed by atoms with Crippen LogP contribution in [0.2, 0.25) is 0 Å². The molecule has 1 aliphatic heterocycles. The molecule has 3 aromatic heterocycles. The van der Waals surface area contributed by atoms with E-state index in [9.17, 15) is 4.79 Å². The Labute approximate surface area is 167 Å². The summed E-state index contributed by atoms with van der Waals surface area (Å²) in [6, 6.07) is 15.2. The van der Waals surface area contributed by atoms with Crippen molar-refractivity contribution < 1.29 is 4.79 Å². The quantitative estimate of drug-likeness (QED) is 0.538. The van der Waals surface area contributed by atoms with Crippen molar-refractivity contribution in [1.82, 2.24) is 29.5 Å². The first-order valence-corrected chi connectivity index (χ1v) is 9.51. The second-order valence-corrected chi connectivity index (χ2v) is 6.86. The van der Waals surface area contributed by atoms with E-state index in [1.807, 2.05) is 64.0 Å². The molecule has 0 bridgehead atoms. The number of amides is 1. The van der Waals surface area contributed by atoms with Crippen LogP contribution in [0, 0.1) is 0 Å². The molecule has 144 valence electrons. The topological polar surface area (TPSA) is 79.5 Å². The highest BCUT2D eigenvalue weighted by atomic mass is 16.2. The molecule has 8 nitrogen and oxygen atoms in total. The number of aromatic nitrogens is 5. The Balaban J connectivity index is 1.29. The molecule has 8 heteroatoms. The summed E-state index contributed by atoms with van der Waals surface area (Å²) >= 11 is 0. The van der Waals surface area contributed by atoms with Crippen LogP contribution in [0.1, 0.15) is 10.4 Å². The van der Waals surface area contributed by atoms with E-state index in [0.717, 1.165) is 24.5 Å². The van der Waals surface area contributed by atoms with Crippen LogP contribution in [0.15, 0.2) is 67.1 Å². The first-order valence-electron chi connectivity index (χ1n) is 9.51. The highest BCUT2D eigenvalue weighted by molar-refractivity contribution is 5.94. The van der Waals surface area contributed by atoms with E-state index in [1.165, 1.54) is 0 Å². The number of piperazine rings is 1. The predicted octanol–water partition coefficient (Wildman–Crippen LogP) is 2.15. The van der Waals surface area contributed by atoms with Gasteiger partial charge in [-0.25, -0.2) is 9.97 Å². The zero-order chi connectivity index (χ0) is 19.6. The van der Waals surface area contributed by atoms with Crippen molar-refractivity contribution in [2.24, 2.45) is 0 Å². The highest BCUT2D eigenvalue weighted by Crippen LogP contribution is 2.20. The number of benzene rings is 1. The summed E-state index contributed by atoms with van der Waals surface area (Å²) in [6.45, 7) is 2.91. The first-order chi connectivity index (χ1) is 14.3. The summed E-state index contributed by atoms with van der Waals surface area (Å²) in [7, 11) is 0. The number of nitrogens with zero attached hydrogens (tertiary/aromatic N) is 7. The molecule has 0 N–H and O–H groups in total. The smallest absolute Gasteiger partial charge is 0.255 e. The summed E-state index contributed by atoms with van der Waals surface area (Å²) in [5.41, 5.74) is 1.56. The lowest BCUT2D eigenvalue weighted by atomic mass is 10.1. The van der Waals surface area contributed by atoms with E-state index in [4.69, 9.17) is 0 Å². The lowest BCUT2D eigenvalue weighted by Gasteiger charge is -2.35. The molecule has 0 unspecified atom stereocenters. The van der Waals surface area contributed by atoms with Gasteiger partial charge in [-0.1, -0.05) is 18.2 Å². The Hall–Kier alpha value is -3.81. The molecular formula is C21H19N7O. The third-order valence-corrected chi connectivity index (χ3v) is 5.12. The molecule has 4 aromatic rings. The number of pyridine rings is 1. The van der Waals surface area contributed by atoms with E-state index in [2.05, 4.69) is 25.1 Å². The maximum Gasteiger partial charge on any atom is 0.255 e. The molecule has 29 heavy (non-hydrogen) atoms. The number of hydrogen-bond donors (Lipinski definition) is 0. The van der Waals surface area contributed by atoms with Gasteiger partial charge in [-0.2, -0.15) is 0 Å². The number of hydrogen-bond acceptors (Lipinski definition) is 6. The van der Waals surface area contributed by atoms with Crippen LogP contribution in [0.4, 0.5) is 5.82 Å². The molecule has 1 saturated heterocycles. The third kappa shape index (κ3) is 3.29. The maximum atomic E-state index is 12.9. The van der Waals surface area contributed by atoms with Gasteiger partial charge in [0.1, 0.15) is 5.82 Å². The van der Waals surface area contributed by atoms with Gasteiger partial charge in [-0.3, -0.25) is 9.20 Å². The van der Waals surface area contributed by atoms with E-state index < -0.39 is 0 Å². The molecule has 4 heterocycles. The zero-order valence-corrected chi connectivity index (χ0v) is 15.7. The number of carbonyl (C=O) groups excluding carboxylic acids is 1. The molecule has 0 atom stereocenters. The van der Waals surface area contributed by atoms with Crippen LogP contribution in [-0.2, 0) is 0 Å². The van der Waals surface area contributed by atoms with Gasteiger partial charge in [-0.15, -0.1) is 10.2 Å². The first kappa shape index (κ1) is 17.3. The van der Waals surface area contributed by atoms with E-state index in [0.29, 0.717) is 30.3 Å². The van der Waals surface area contributed by atoms with E-state index in [1.54, 1.807) is 12.4 Å². The molecule has 0 spiro atoms. The Morgan fingerprint density at radius 2 is 1.62 bits per heavy atom. The molecule has 0 radical (unpaired) electrons. The Kier molecular flexibility index (Phi) is 4.36. The molecule has 5 rings (SSSR count). The van der Waals surface area contributed by atoms with Crippen molar-refractivity contribution in [2.75, 3.05) is 31.1 Å². The van der Waals surface area contributed by atoms with E-state index in [-0.39, 0.29) is 5.91 Å². The minimum atomic E-state index is 0.0463. The molecule has 1 fully saturated rings. The molecule has 1 aliphatic rings. The second-order valence-electron chi connectivity index (χ2n) is 6.86. The van der Waals surface area contributed by atoms with Crippen LogP contribution >= 0.6 is 0 Å². The van der Waals surface area contributed by atoms with Crippen molar-refractivity contribution >= 4 is 17.5 Å². The number of carbonyl (C=O) groups is 1. The standard InChI is InChI=1S/C21H19N7O/c29-20(27-14-12-26(13-15-27)18-4-1-2-9-22-18)17-7-5-16(6-8-17)19-24-25-21-23-10-3-11-28(19)21/h1-11H,12-15H2. The lowest BCUT2D eigenvalue weighted by Crippen LogP contribution is -2.49. The van der Waals surface area contributed by atoms with Gasteiger partial charge < -0.3 is 9.80 Å². The Morgan fingerprint density at radius 1 is 0.828 bits per heavy atom. The zero-order valence-electron chi connectivity index (χ0n) is 15.7. The van der Waals surface area contributed by atoms with Crippen molar-refractivity contribution in [3.8, 4) is 11.4 Å². The monoisotopic (exact) mass is 385 g/mol. The summed E-state index contributed by atoms with van der Waals surface area (Å²) in [6.07, 6.45) is 5.35. The predicted molar refractivity (Wildman–Crippen MR) is 109 cm³/mol. The van der Waals surface area contributed by atoms with Gasteiger partial charge in [-0.05, 0) is 30.3 Å². The van der Waals surface area contributed by atoms with Gasteiger partial charge in [0.25, 0.3) is 11.7 Å². The number of fused-ring (bicyclic) bond motifs is 1. The molecular weight excluding hydrogens is 366 g/mol. The maximum absolute atomic E-state index is 12.9. The van der Waals surface area contributed by atoms with Crippen LogP contribution in [-0.4, -0.2) is 61.6 Å². The summed E-state index contributed by atoms with van der Waals surface area (Å²) in [5, 5.41) is 8.29. The third-order valence-electron chi connectivity index (χ3n) is 5.12. The van der Waals surface area contributed by atoms with Crippen LogP contribution in [0.3, 0.4) is 0 Å². The molecule has 1 amide bonds. The normalized spacial score (nSPS) is 14.3. The van der Waals surface area contributed by atoms with Gasteiger partial charge >= 0.3 is 0 Å². The largest absolute Gasteiger partial charge is 0.353 e. The average molecular weight is 385 g/mol. The SMILES string of the molecule is O=C(c1ccc(-c2nnc3ncccn23)cc1)N1CCN(c2ccccn2)CC1. The van der Waals surface area contributed by atoms with Crippen LogP contribution < -0.4 is 4.90 Å². The van der Waals surface area contributed by atoms with Crippen LogP contribution in [0.25, 0.3) is 17.2 Å². The van der Waals surface area contributed by atoms with Crippen LogP contribution in [0.5, 0.6) is 0 Å². The summed E-state index contributed by atoms with van der Waals surface area (Å²) in [5.74, 6) is 2.26. The molecule has 1 aromatic carbocycles. The fraction of sp³-hybridized carbons (Fsp3) is 0.190. The Morgan fingerprint density at radius 3 is 2.38 bits per heavy atom. The lowest BCUT2D eigenvalue weighted by molar-refractivity contribution is 0.0746. The second kappa shape index (κ2) is 7.31. The summed E-state index contributed by atoms with van der Waals surface area (Å²) in [4.78, 5) is 25.6. The fourth-order valence-corrected chi connectivity index (χ4v) is 3.56. The van der Waals surface area contributed by atoms with Crippen molar-refractivity contribution in [2.45, 2.75) is 0 Å². The van der Waals surface area contributed by atoms with E-state index >= 15 is 0 Å². The van der Waals surface area contributed by atoms with Crippen molar-refractivity contribution in [3.05, 3.63) is 72.7 Å². The highest BCUT2D eigenvalue weighted by Gasteiger charge is 2.23. The minimum absolute atomic E-state index is 0.0463. The molecule has 0 saturated carbocycles. The fourth-order valence-electron chi connectivity index (χ4n) is 3.56. The average Bonchev–Trinajstić information content (AvgIpc) is 3.24. The number of rotatable bonds is 3. The molecule has 0 aliphatic carbocycles. The van der Waals surface area contributed by atoms with Gasteiger partial charge in [0.15, 0.2) is 5.82 Å².